The third-order valence-corrected chi connectivity index (χ3v) is 3.84. The maximum Gasteiger partial charge on any atom is 0.226 e. The van der Waals surface area contributed by atoms with E-state index in [9.17, 15) is 4.79 Å². The minimum absolute atomic E-state index is 0.267. The molecule has 0 aromatic heterocycles. The molecule has 1 amide bonds. The van der Waals surface area contributed by atoms with E-state index in [4.69, 9.17) is 0 Å². The topological polar surface area (TPSA) is 23.6 Å². The van der Waals surface area contributed by atoms with Gasteiger partial charge in [-0.2, -0.15) is 0 Å². The van der Waals surface area contributed by atoms with Gasteiger partial charge >= 0.3 is 0 Å². The summed E-state index contributed by atoms with van der Waals surface area (Å²) in [5.74, 6) is 0.267. The van der Waals surface area contributed by atoms with Crippen LogP contribution >= 0.6 is 0 Å². The molecule has 90 valence electrons. The van der Waals surface area contributed by atoms with Crippen LogP contribution in [0, 0.1) is 0 Å². The van der Waals surface area contributed by atoms with Crippen LogP contribution in [0.2, 0.25) is 0 Å². The molecule has 2 rings (SSSR count). The number of likely N-dealkylation sites (tertiary alicyclic amines) is 2. The Kier molecular flexibility index (Phi) is 3.64. The molecule has 0 aromatic carbocycles. The molecular weight excluding hydrogens is 200 g/mol. The van der Waals surface area contributed by atoms with Crippen molar-refractivity contribution in [2.24, 2.45) is 0 Å². The Bertz CT molecular complexity index is 288. The van der Waals surface area contributed by atoms with Crippen molar-refractivity contribution in [3.63, 3.8) is 0 Å². The fourth-order valence-electron chi connectivity index (χ4n) is 2.64. The first-order valence-electron chi connectivity index (χ1n) is 6.35. The molecule has 2 heterocycles. The highest BCUT2D eigenvalue weighted by molar-refractivity contribution is 5.79. The number of carbonyl (C=O) groups excluding carboxylic acids is 1. The van der Waals surface area contributed by atoms with Gasteiger partial charge in [0.1, 0.15) is 0 Å². The molecule has 2 fully saturated rings. The molecule has 0 spiro atoms. The highest BCUT2D eigenvalue weighted by atomic mass is 16.2. The third-order valence-electron chi connectivity index (χ3n) is 3.84. The first-order valence-corrected chi connectivity index (χ1v) is 6.35. The molecule has 0 unspecified atom stereocenters. The minimum Gasteiger partial charge on any atom is -0.341 e. The van der Waals surface area contributed by atoms with Crippen LogP contribution in [-0.4, -0.2) is 47.9 Å². The van der Waals surface area contributed by atoms with Crippen LogP contribution in [0.3, 0.4) is 0 Å². The second kappa shape index (κ2) is 5.00. The monoisotopic (exact) mass is 222 g/mol. The Morgan fingerprint density at radius 1 is 1.38 bits per heavy atom. The van der Waals surface area contributed by atoms with Crippen molar-refractivity contribution in [2.75, 3.05) is 26.2 Å². The molecule has 1 atom stereocenters. The van der Waals surface area contributed by atoms with Crippen molar-refractivity contribution in [1.29, 1.82) is 0 Å². The molecular formula is C13H22N2O. The molecule has 3 nitrogen and oxygen atoms in total. The van der Waals surface area contributed by atoms with Crippen LogP contribution in [0.5, 0.6) is 0 Å². The lowest BCUT2D eigenvalue weighted by atomic mass is 10.1. The molecule has 0 saturated carbocycles. The Labute approximate surface area is 98.1 Å². The number of hydrogen-bond acceptors (Lipinski definition) is 2. The molecule has 2 aliphatic rings. The van der Waals surface area contributed by atoms with Crippen LogP contribution < -0.4 is 0 Å². The lowest BCUT2D eigenvalue weighted by molar-refractivity contribution is -0.131. The molecule has 16 heavy (non-hydrogen) atoms. The van der Waals surface area contributed by atoms with Gasteiger partial charge in [0.2, 0.25) is 5.91 Å². The molecule has 0 aliphatic carbocycles. The number of amides is 1. The third kappa shape index (κ3) is 2.64. The largest absolute Gasteiger partial charge is 0.341 e. The van der Waals surface area contributed by atoms with Crippen LogP contribution in [0.25, 0.3) is 0 Å². The summed E-state index contributed by atoms with van der Waals surface area (Å²) in [6.07, 6.45) is 4.17. The molecule has 0 aromatic rings. The zero-order valence-electron chi connectivity index (χ0n) is 10.2. The number of hydrogen-bond donors (Lipinski definition) is 0. The maximum absolute atomic E-state index is 11.7. The van der Waals surface area contributed by atoms with Gasteiger partial charge < -0.3 is 4.90 Å². The number of carbonyl (C=O) groups is 1. The molecule has 2 saturated heterocycles. The van der Waals surface area contributed by atoms with E-state index in [1.54, 1.807) is 0 Å². The van der Waals surface area contributed by atoms with E-state index in [-0.39, 0.29) is 5.91 Å². The summed E-state index contributed by atoms with van der Waals surface area (Å²) in [5.41, 5.74) is 1.09. The van der Waals surface area contributed by atoms with Gasteiger partial charge in [-0.15, -0.1) is 0 Å². The van der Waals surface area contributed by atoms with Gasteiger partial charge in [0, 0.05) is 32.1 Å². The van der Waals surface area contributed by atoms with Crippen LogP contribution in [0.1, 0.15) is 32.6 Å². The fourth-order valence-corrected chi connectivity index (χ4v) is 2.64. The normalized spacial score (nSPS) is 27.8. The number of rotatable bonds is 3. The Morgan fingerprint density at radius 3 is 2.81 bits per heavy atom. The van der Waals surface area contributed by atoms with E-state index in [0.717, 1.165) is 31.6 Å². The van der Waals surface area contributed by atoms with Gasteiger partial charge in [-0.1, -0.05) is 12.2 Å². The maximum atomic E-state index is 11.7. The van der Waals surface area contributed by atoms with E-state index < -0.39 is 0 Å². The van der Waals surface area contributed by atoms with Crippen LogP contribution in [0.15, 0.2) is 12.2 Å². The standard InChI is InChI=1S/C13H22N2O/c1-11-5-7-15(13(16)10-11)9-8-14-6-3-4-12(14)2/h12H,1,3-10H2,2H3/t12-/m1/s1. The molecule has 0 radical (unpaired) electrons. The van der Waals surface area contributed by atoms with Crippen molar-refractivity contribution in [2.45, 2.75) is 38.6 Å². The van der Waals surface area contributed by atoms with Crippen molar-refractivity contribution in [3.05, 3.63) is 12.2 Å². The molecule has 3 heteroatoms. The molecule has 2 aliphatic heterocycles. The summed E-state index contributed by atoms with van der Waals surface area (Å²) in [6.45, 7) is 10.2. The van der Waals surface area contributed by atoms with E-state index >= 15 is 0 Å². The Hall–Kier alpha value is -0.830. The smallest absolute Gasteiger partial charge is 0.226 e. The lowest BCUT2D eigenvalue weighted by Crippen LogP contribution is -2.42. The Balaban J connectivity index is 1.77. The summed E-state index contributed by atoms with van der Waals surface area (Å²) < 4.78 is 0. The summed E-state index contributed by atoms with van der Waals surface area (Å²) in [6, 6.07) is 0.704. The van der Waals surface area contributed by atoms with Crippen LogP contribution in [0.4, 0.5) is 0 Å². The van der Waals surface area contributed by atoms with E-state index in [1.807, 2.05) is 4.90 Å². The zero-order chi connectivity index (χ0) is 11.5. The highest BCUT2D eigenvalue weighted by Crippen LogP contribution is 2.18. The lowest BCUT2D eigenvalue weighted by Gasteiger charge is -2.30. The van der Waals surface area contributed by atoms with Gasteiger partial charge in [-0.3, -0.25) is 9.69 Å². The van der Waals surface area contributed by atoms with Crippen molar-refractivity contribution < 1.29 is 4.79 Å². The summed E-state index contributed by atoms with van der Waals surface area (Å²) in [7, 11) is 0. The highest BCUT2D eigenvalue weighted by Gasteiger charge is 2.23. The van der Waals surface area contributed by atoms with E-state index in [0.29, 0.717) is 12.5 Å². The fraction of sp³-hybridized carbons (Fsp3) is 0.769. The zero-order valence-corrected chi connectivity index (χ0v) is 10.2. The van der Waals surface area contributed by atoms with Crippen LogP contribution in [-0.2, 0) is 4.79 Å². The van der Waals surface area contributed by atoms with E-state index in [1.165, 1.54) is 19.4 Å². The van der Waals surface area contributed by atoms with Gasteiger partial charge in [0.05, 0.1) is 0 Å². The summed E-state index contributed by atoms with van der Waals surface area (Å²) in [5, 5.41) is 0. The van der Waals surface area contributed by atoms with Crippen molar-refractivity contribution >= 4 is 5.91 Å². The summed E-state index contributed by atoms with van der Waals surface area (Å²) >= 11 is 0. The summed E-state index contributed by atoms with van der Waals surface area (Å²) in [4.78, 5) is 16.2. The van der Waals surface area contributed by atoms with E-state index in [2.05, 4.69) is 18.4 Å². The predicted octanol–water partition coefficient (Wildman–Crippen LogP) is 1.65. The van der Waals surface area contributed by atoms with Gasteiger partial charge in [-0.05, 0) is 32.7 Å². The first kappa shape index (κ1) is 11.6. The van der Waals surface area contributed by atoms with Gasteiger partial charge in [-0.25, -0.2) is 0 Å². The Morgan fingerprint density at radius 2 is 2.19 bits per heavy atom. The van der Waals surface area contributed by atoms with Crippen molar-refractivity contribution in [3.8, 4) is 0 Å². The predicted molar refractivity (Wildman–Crippen MR) is 65.2 cm³/mol. The first-order chi connectivity index (χ1) is 7.66. The quantitative estimate of drug-likeness (QED) is 0.678. The second-order valence-corrected chi connectivity index (χ2v) is 5.08. The number of nitrogens with zero attached hydrogens (tertiary/aromatic N) is 2. The SMILES string of the molecule is C=C1CCN(CCN2CCC[C@H]2C)C(=O)C1. The average Bonchev–Trinajstić information content (AvgIpc) is 2.63. The van der Waals surface area contributed by atoms with Crippen molar-refractivity contribution in [1.82, 2.24) is 9.80 Å². The molecule has 0 N–H and O–H groups in total. The van der Waals surface area contributed by atoms with Gasteiger partial charge in [0.15, 0.2) is 0 Å². The minimum atomic E-state index is 0.267. The number of piperidine rings is 1. The average molecular weight is 222 g/mol. The molecule has 0 bridgehead atoms. The second-order valence-electron chi connectivity index (χ2n) is 5.08. The van der Waals surface area contributed by atoms with Gasteiger partial charge in [0.25, 0.3) is 0 Å².